The number of imidazole rings is 1. The summed E-state index contributed by atoms with van der Waals surface area (Å²) >= 11 is 0. The summed E-state index contributed by atoms with van der Waals surface area (Å²) < 4.78 is 8.17. The molecule has 4 rings (SSSR count). The standard InChI is InChI=1S/C22H25N3O3/c1-13-6-5-7-14(2)19(13)12-28-20-8-17(25-11-18(26)9-21(25)27)10-24-16(4)15(3)23-22(20)24/h5-8,10,18,26H,9,11-12H2,1-4H3/t18-/m0/s1. The van der Waals surface area contributed by atoms with E-state index in [9.17, 15) is 9.90 Å². The molecule has 3 heterocycles. The molecule has 1 amide bonds. The van der Waals surface area contributed by atoms with Gasteiger partial charge in [-0.05, 0) is 44.4 Å². The maximum Gasteiger partial charge on any atom is 0.229 e. The Morgan fingerprint density at radius 3 is 2.57 bits per heavy atom. The molecule has 3 aromatic rings. The Hall–Kier alpha value is -2.86. The van der Waals surface area contributed by atoms with Gasteiger partial charge in [-0.3, -0.25) is 9.20 Å². The van der Waals surface area contributed by atoms with Crippen LogP contribution >= 0.6 is 0 Å². The fourth-order valence-electron chi connectivity index (χ4n) is 3.75. The van der Waals surface area contributed by atoms with Crippen molar-refractivity contribution in [3.63, 3.8) is 0 Å². The second-order valence-electron chi connectivity index (χ2n) is 7.56. The first-order chi connectivity index (χ1) is 13.3. The molecule has 28 heavy (non-hydrogen) atoms. The van der Waals surface area contributed by atoms with E-state index >= 15 is 0 Å². The average Bonchev–Trinajstić information content (AvgIpc) is 3.13. The van der Waals surface area contributed by atoms with Gasteiger partial charge in [0.05, 0.1) is 30.5 Å². The summed E-state index contributed by atoms with van der Waals surface area (Å²) in [4.78, 5) is 18.6. The molecule has 0 unspecified atom stereocenters. The summed E-state index contributed by atoms with van der Waals surface area (Å²) in [6.07, 6.45) is 1.42. The fourth-order valence-corrected chi connectivity index (χ4v) is 3.75. The van der Waals surface area contributed by atoms with Gasteiger partial charge >= 0.3 is 0 Å². The number of amides is 1. The Balaban J connectivity index is 1.76. The number of carbonyl (C=O) groups excluding carboxylic acids is 1. The summed E-state index contributed by atoms with van der Waals surface area (Å²) in [6.45, 7) is 8.83. The Labute approximate surface area is 164 Å². The summed E-state index contributed by atoms with van der Waals surface area (Å²) in [5, 5.41) is 9.87. The fraction of sp³-hybridized carbons (Fsp3) is 0.364. The van der Waals surface area contributed by atoms with Crippen molar-refractivity contribution >= 4 is 17.2 Å². The normalized spacial score (nSPS) is 17.0. The number of aryl methyl sites for hydroxylation is 4. The number of anilines is 1. The first kappa shape index (κ1) is 18.5. The highest BCUT2D eigenvalue weighted by Gasteiger charge is 2.30. The minimum Gasteiger partial charge on any atom is -0.485 e. The van der Waals surface area contributed by atoms with Crippen molar-refractivity contribution in [3.8, 4) is 5.75 Å². The Morgan fingerprint density at radius 2 is 1.93 bits per heavy atom. The number of benzene rings is 1. The van der Waals surface area contributed by atoms with Gasteiger partial charge in [-0.15, -0.1) is 0 Å². The topological polar surface area (TPSA) is 67.1 Å². The quantitative estimate of drug-likeness (QED) is 0.756. The minimum absolute atomic E-state index is 0.0814. The molecule has 2 aromatic heterocycles. The van der Waals surface area contributed by atoms with Crippen molar-refractivity contribution in [1.82, 2.24) is 9.38 Å². The van der Waals surface area contributed by atoms with Crippen LogP contribution in [0.5, 0.6) is 5.75 Å². The van der Waals surface area contributed by atoms with E-state index in [0.29, 0.717) is 24.6 Å². The summed E-state index contributed by atoms with van der Waals surface area (Å²) in [6, 6.07) is 8.04. The molecule has 0 spiro atoms. The van der Waals surface area contributed by atoms with Crippen molar-refractivity contribution in [2.75, 3.05) is 11.4 Å². The molecular formula is C22H25N3O3. The van der Waals surface area contributed by atoms with Crippen LogP contribution in [0.1, 0.15) is 34.5 Å². The molecule has 1 N–H and O–H groups in total. The molecule has 1 aromatic carbocycles. The second-order valence-corrected chi connectivity index (χ2v) is 7.56. The molecule has 0 saturated carbocycles. The van der Waals surface area contributed by atoms with E-state index in [1.807, 2.05) is 36.6 Å². The number of ether oxygens (including phenoxy) is 1. The van der Waals surface area contributed by atoms with Crippen LogP contribution in [0.2, 0.25) is 0 Å². The maximum absolute atomic E-state index is 12.3. The average molecular weight is 379 g/mol. The van der Waals surface area contributed by atoms with Crippen molar-refractivity contribution in [3.05, 3.63) is 58.5 Å². The van der Waals surface area contributed by atoms with E-state index in [4.69, 9.17) is 4.74 Å². The van der Waals surface area contributed by atoms with Gasteiger partial charge in [0.15, 0.2) is 11.4 Å². The van der Waals surface area contributed by atoms with Crippen LogP contribution in [-0.4, -0.2) is 33.0 Å². The number of hydrogen-bond donors (Lipinski definition) is 1. The molecule has 1 atom stereocenters. The predicted octanol–water partition coefficient (Wildman–Crippen LogP) is 3.24. The third-order valence-corrected chi connectivity index (χ3v) is 5.58. The zero-order valence-corrected chi connectivity index (χ0v) is 16.7. The number of aliphatic hydroxyl groups is 1. The first-order valence-electron chi connectivity index (χ1n) is 9.50. The van der Waals surface area contributed by atoms with Crippen molar-refractivity contribution < 1.29 is 14.6 Å². The van der Waals surface area contributed by atoms with Gasteiger partial charge in [0, 0.05) is 18.0 Å². The number of rotatable bonds is 4. The summed E-state index contributed by atoms with van der Waals surface area (Å²) in [5.74, 6) is 0.549. The first-order valence-corrected chi connectivity index (χ1v) is 9.50. The minimum atomic E-state index is -0.632. The summed E-state index contributed by atoms with van der Waals surface area (Å²) in [5.41, 5.74) is 6.88. The molecule has 0 aliphatic carbocycles. The zero-order valence-electron chi connectivity index (χ0n) is 16.7. The molecule has 1 fully saturated rings. The number of β-amino-alcohol motifs (C(OH)–C–C–N with tert-alkyl or cyclic N) is 1. The van der Waals surface area contributed by atoms with Crippen LogP contribution in [0.4, 0.5) is 5.69 Å². The van der Waals surface area contributed by atoms with E-state index in [0.717, 1.165) is 22.6 Å². The highest BCUT2D eigenvalue weighted by molar-refractivity contribution is 5.96. The van der Waals surface area contributed by atoms with E-state index < -0.39 is 6.10 Å². The van der Waals surface area contributed by atoms with Gasteiger partial charge in [0.25, 0.3) is 0 Å². The number of fused-ring (bicyclic) bond motifs is 1. The highest BCUT2D eigenvalue weighted by Crippen LogP contribution is 2.31. The van der Waals surface area contributed by atoms with E-state index in [2.05, 4.69) is 31.0 Å². The predicted molar refractivity (Wildman–Crippen MR) is 108 cm³/mol. The van der Waals surface area contributed by atoms with Gasteiger partial charge in [0.1, 0.15) is 6.61 Å². The number of pyridine rings is 1. The number of aliphatic hydroxyl groups excluding tert-OH is 1. The molecule has 0 bridgehead atoms. The smallest absolute Gasteiger partial charge is 0.229 e. The molecule has 1 aliphatic rings. The van der Waals surface area contributed by atoms with Crippen LogP contribution in [0.3, 0.4) is 0 Å². The molecule has 1 saturated heterocycles. The number of carbonyl (C=O) groups is 1. The molecule has 6 heteroatoms. The SMILES string of the molecule is Cc1cccc(C)c1COc1cc(N2C[C@@H](O)CC2=O)cn2c(C)c(C)nc12. The largest absolute Gasteiger partial charge is 0.485 e. The lowest BCUT2D eigenvalue weighted by Crippen LogP contribution is -2.25. The van der Waals surface area contributed by atoms with Crippen LogP contribution in [0, 0.1) is 27.7 Å². The van der Waals surface area contributed by atoms with Crippen molar-refractivity contribution in [2.24, 2.45) is 0 Å². The maximum atomic E-state index is 12.3. The lowest BCUT2D eigenvalue weighted by Gasteiger charge is -2.19. The number of hydrogen-bond acceptors (Lipinski definition) is 4. The van der Waals surface area contributed by atoms with E-state index in [1.54, 1.807) is 4.90 Å². The number of aromatic nitrogens is 2. The van der Waals surface area contributed by atoms with Gasteiger partial charge < -0.3 is 14.7 Å². The van der Waals surface area contributed by atoms with Gasteiger partial charge in [-0.2, -0.15) is 0 Å². The van der Waals surface area contributed by atoms with Gasteiger partial charge in [-0.25, -0.2) is 4.98 Å². The van der Waals surface area contributed by atoms with Crippen LogP contribution in [-0.2, 0) is 11.4 Å². The monoisotopic (exact) mass is 379 g/mol. The highest BCUT2D eigenvalue weighted by atomic mass is 16.5. The van der Waals surface area contributed by atoms with Gasteiger partial charge in [-0.1, -0.05) is 18.2 Å². The second kappa shape index (κ2) is 6.95. The Bertz CT molecular complexity index is 1050. The van der Waals surface area contributed by atoms with Crippen molar-refractivity contribution in [2.45, 2.75) is 46.8 Å². The lowest BCUT2D eigenvalue weighted by molar-refractivity contribution is -0.117. The lowest BCUT2D eigenvalue weighted by atomic mass is 10.0. The van der Waals surface area contributed by atoms with Gasteiger partial charge in [0.2, 0.25) is 5.91 Å². The third-order valence-electron chi connectivity index (χ3n) is 5.58. The van der Waals surface area contributed by atoms with Crippen LogP contribution in [0.15, 0.2) is 30.5 Å². The molecular weight excluding hydrogens is 354 g/mol. The molecule has 0 radical (unpaired) electrons. The van der Waals surface area contributed by atoms with Crippen LogP contribution in [0.25, 0.3) is 5.65 Å². The van der Waals surface area contributed by atoms with E-state index in [1.165, 1.54) is 11.1 Å². The Morgan fingerprint density at radius 1 is 1.21 bits per heavy atom. The molecule has 6 nitrogen and oxygen atoms in total. The van der Waals surface area contributed by atoms with Crippen LogP contribution < -0.4 is 9.64 Å². The Kier molecular flexibility index (Phi) is 4.59. The van der Waals surface area contributed by atoms with Crippen molar-refractivity contribution in [1.29, 1.82) is 0 Å². The third kappa shape index (κ3) is 3.14. The summed E-state index contributed by atoms with van der Waals surface area (Å²) in [7, 11) is 0. The zero-order chi connectivity index (χ0) is 20.0. The number of nitrogens with zero attached hydrogens (tertiary/aromatic N) is 3. The van der Waals surface area contributed by atoms with E-state index in [-0.39, 0.29) is 12.3 Å². The molecule has 1 aliphatic heterocycles. The molecule has 146 valence electrons.